The molecule has 1 aliphatic heterocycles. The van der Waals surface area contributed by atoms with Gasteiger partial charge >= 0.3 is 0 Å². The van der Waals surface area contributed by atoms with Gasteiger partial charge in [-0.3, -0.25) is 0 Å². The van der Waals surface area contributed by atoms with E-state index >= 15 is 0 Å². The van der Waals surface area contributed by atoms with Gasteiger partial charge in [-0.2, -0.15) is 0 Å². The Morgan fingerprint density at radius 1 is 0.857 bits per heavy atom. The number of nitrogens with zero attached hydrogens (tertiary/aromatic N) is 1. The highest BCUT2D eigenvalue weighted by Crippen LogP contribution is 2.34. The van der Waals surface area contributed by atoms with Crippen LogP contribution in [0.1, 0.15) is 41.5 Å². The van der Waals surface area contributed by atoms with Crippen molar-refractivity contribution in [3.63, 3.8) is 0 Å². The Bertz CT molecular complexity index is 321. The molecule has 78 valence electrons. The van der Waals surface area contributed by atoms with Crippen LogP contribution >= 0.6 is 0 Å². The van der Waals surface area contributed by atoms with Crippen molar-refractivity contribution in [1.82, 2.24) is 4.90 Å². The van der Waals surface area contributed by atoms with Gasteiger partial charge < -0.3 is 4.90 Å². The molecule has 0 unspecified atom stereocenters. The summed E-state index contributed by atoms with van der Waals surface area (Å²) < 4.78 is 0. The lowest BCUT2D eigenvalue weighted by Crippen LogP contribution is -2.21. The van der Waals surface area contributed by atoms with E-state index in [2.05, 4.69) is 53.5 Å². The van der Waals surface area contributed by atoms with Crippen LogP contribution in [-0.4, -0.2) is 11.9 Å². The number of allylic oxidation sites excluding steroid dienone is 6. The van der Waals surface area contributed by atoms with Crippen LogP contribution in [0, 0.1) is 0 Å². The van der Waals surface area contributed by atoms with Gasteiger partial charge in [0, 0.05) is 18.4 Å². The second-order valence-electron chi connectivity index (χ2n) is 4.35. The van der Waals surface area contributed by atoms with Gasteiger partial charge in [0.15, 0.2) is 0 Å². The zero-order valence-corrected chi connectivity index (χ0v) is 10.4. The predicted octanol–water partition coefficient (Wildman–Crippen LogP) is 3.86. The molecule has 1 rings (SSSR count). The number of rotatable bonds is 0. The summed E-state index contributed by atoms with van der Waals surface area (Å²) in [4.78, 5) is 2.27. The second-order valence-corrected chi connectivity index (χ2v) is 4.35. The minimum absolute atomic E-state index is 1.37. The molecule has 0 amide bonds. The molecular weight excluding hydrogens is 170 g/mol. The van der Waals surface area contributed by atoms with Crippen LogP contribution in [0.4, 0.5) is 0 Å². The standard InChI is InChI=1S/C13H21N/c1-8(2)13-9(3)11(5)14(7)12(6)10(13)4/h1-7H3. The highest BCUT2D eigenvalue weighted by atomic mass is 15.1. The van der Waals surface area contributed by atoms with Crippen molar-refractivity contribution in [3.8, 4) is 0 Å². The zero-order valence-electron chi connectivity index (χ0n) is 10.4. The van der Waals surface area contributed by atoms with Gasteiger partial charge in [-0.05, 0) is 58.3 Å². The third-order valence-corrected chi connectivity index (χ3v) is 3.34. The summed E-state index contributed by atoms with van der Waals surface area (Å²) in [6.45, 7) is 13.2. The van der Waals surface area contributed by atoms with Crippen molar-refractivity contribution in [2.75, 3.05) is 7.05 Å². The van der Waals surface area contributed by atoms with Crippen molar-refractivity contribution >= 4 is 0 Å². The first-order chi connectivity index (χ1) is 6.37. The quantitative estimate of drug-likeness (QED) is 0.562. The minimum Gasteiger partial charge on any atom is -0.352 e. The molecular formula is C13H21N. The summed E-state index contributed by atoms with van der Waals surface area (Å²) in [7, 11) is 2.14. The normalized spacial score (nSPS) is 18.2. The average Bonchev–Trinajstić information content (AvgIpc) is 2.11. The van der Waals surface area contributed by atoms with Crippen LogP contribution in [0.3, 0.4) is 0 Å². The number of hydrogen-bond donors (Lipinski definition) is 0. The third kappa shape index (κ3) is 1.52. The van der Waals surface area contributed by atoms with E-state index in [-0.39, 0.29) is 0 Å². The van der Waals surface area contributed by atoms with Crippen LogP contribution in [0.5, 0.6) is 0 Å². The molecule has 0 aromatic heterocycles. The van der Waals surface area contributed by atoms with Crippen LogP contribution in [0.15, 0.2) is 33.7 Å². The maximum atomic E-state index is 2.27. The lowest BCUT2D eigenvalue weighted by molar-refractivity contribution is 0.501. The summed E-state index contributed by atoms with van der Waals surface area (Å²) in [5.74, 6) is 0. The van der Waals surface area contributed by atoms with E-state index in [1.165, 1.54) is 33.7 Å². The van der Waals surface area contributed by atoms with Crippen LogP contribution in [-0.2, 0) is 0 Å². The Kier molecular flexibility index (Phi) is 2.89. The molecule has 0 radical (unpaired) electrons. The molecule has 0 N–H and O–H groups in total. The molecule has 0 fully saturated rings. The highest BCUT2D eigenvalue weighted by molar-refractivity contribution is 5.53. The van der Waals surface area contributed by atoms with Gasteiger partial charge in [-0.25, -0.2) is 0 Å². The molecule has 0 saturated carbocycles. The average molecular weight is 191 g/mol. The first-order valence-corrected chi connectivity index (χ1v) is 5.14. The molecule has 0 atom stereocenters. The zero-order chi connectivity index (χ0) is 11.0. The molecule has 0 bridgehead atoms. The number of hydrogen-bond acceptors (Lipinski definition) is 1. The van der Waals surface area contributed by atoms with Crippen molar-refractivity contribution in [2.24, 2.45) is 0 Å². The minimum atomic E-state index is 1.37. The fourth-order valence-corrected chi connectivity index (χ4v) is 2.15. The Morgan fingerprint density at radius 3 is 1.50 bits per heavy atom. The fourth-order valence-electron chi connectivity index (χ4n) is 2.15. The molecule has 0 saturated heterocycles. The van der Waals surface area contributed by atoms with Gasteiger partial charge in [-0.15, -0.1) is 0 Å². The molecule has 1 heterocycles. The molecule has 0 aliphatic carbocycles. The Morgan fingerprint density at radius 2 is 1.21 bits per heavy atom. The highest BCUT2D eigenvalue weighted by Gasteiger charge is 2.19. The Hall–Kier alpha value is -0.980. The van der Waals surface area contributed by atoms with Crippen molar-refractivity contribution in [1.29, 1.82) is 0 Å². The van der Waals surface area contributed by atoms with E-state index < -0.39 is 0 Å². The molecule has 1 heteroatoms. The van der Waals surface area contributed by atoms with Gasteiger partial charge in [0.05, 0.1) is 0 Å². The molecule has 0 aromatic carbocycles. The summed E-state index contributed by atoms with van der Waals surface area (Å²) >= 11 is 0. The van der Waals surface area contributed by atoms with Crippen molar-refractivity contribution in [2.45, 2.75) is 41.5 Å². The van der Waals surface area contributed by atoms with E-state index in [4.69, 9.17) is 0 Å². The predicted molar refractivity (Wildman–Crippen MR) is 62.9 cm³/mol. The fraction of sp³-hybridized carbons (Fsp3) is 0.538. The van der Waals surface area contributed by atoms with E-state index in [1.807, 2.05) is 0 Å². The van der Waals surface area contributed by atoms with E-state index in [1.54, 1.807) is 0 Å². The van der Waals surface area contributed by atoms with Crippen molar-refractivity contribution in [3.05, 3.63) is 33.7 Å². The maximum absolute atomic E-state index is 2.27. The van der Waals surface area contributed by atoms with E-state index in [0.29, 0.717) is 0 Å². The molecule has 0 aromatic rings. The van der Waals surface area contributed by atoms with E-state index in [9.17, 15) is 0 Å². The summed E-state index contributed by atoms with van der Waals surface area (Å²) in [6, 6.07) is 0. The maximum Gasteiger partial charge on any atom is 0.0178 e. The molecule has 0 spiro atoms. The lowest BCUT2D eigenvalue weighted by Gasteiger charge is -2.32. The monoisotopic (exact) mass is 191 g/mol. The first-order valence-electron chi connectivity index (χ1n) is 5.14. The largest absolute Gasteiger partial charge is 0.352 e. The second kappa shape index (κ2) is 3.64. The molecule has 1 aliphatic rings. The van der Waals surface area contributed by atoms with Crippen LogP contribution < -0.4 is 0 Å². The smallest absolute Gasteiger partial charge is 0.0178 e. The molecule has 14 heavy (non-hydrogen) atoms. The Balaban J connectivity index is 3.42. The van der Waals surface area contributed by atoms with Crippen LogP contribution in [0.2, 0.25) is 0 Å². The summed E-state index contributed by atoms with van der Waals surface area (Å²) in [5.41, 5.74) is 8.41. The van der Waals surface area contributed by atoms with Gasteiger partial charge in [-0.1, -0.05) is 5.57 Å². The third-order valence-electron chi connectivity index (χ3n) is 3.34. The van der Waals surface area contributed by atoms with E-state index in [0.717, 1.165) is 0 Å². The molecule has 1 nitrogen and oxygen atoms in total. The van der Waals surface area contributed by atoms with Gasteiger partial charge in [0.25, 0.3) is 0 Å². The Labute approximate surface area is 87.8 Å². The summed E-state index contributed by atoms with van der Waals surface area (Å²) in [6.07, 6.45) is 0. The van der Waals surface area contributed by atoms with Crippen LogP contribution in [0.25, 0.3) is 0 Å². The van der Waals surface area contributed by atoms with Crippen molar-refractivity contribution < 1.29 is 0 Å². The summed E-state index contributed by atoms with van der Waals surface area (Å²) in [5, 5.41) is 0. The lowest BCUT2D eigenvalue weighted by atomic mass is 9.90. The first kappa shape index (κ1) is 11.1. The van der Waals surface area contributed by atoms with Gasteiger partial charge in [0.2, 0.25) is 0 Å². The SMILES string of the molecule is CC(C)=C1C(C)=C(C)N(C)C(C)=C1C. The van der Waals surface area contributed by atoms with Gasteiger partial charge in [0.1, 0.15) is 0 Å². The topological polar surface area (TPSA) is 3.24 Å².